The topological polar surface area (TPSA) is 68.6 Å². The predicted octanol–water partition coefficient (Wildman–Crippen LogP) is 3.89. The van der Waals surface area contributed by atoms with Crippen LogP contribution in [-0.2, 0) is 11.0 Å². The van der Waals surface area contributed by atoms with E-state index in [1.54, 1.807) is 0 Å². The van der Waals surface area contributed by atoms with Crippen LogP contribution in [0, 0.1) is 0 Å². The van der Waals surface area contributed by atoms with Gasteiger partial charge in [0.25, 0.3) is 5.91 Å². The molecule has 0 aliphatic carbocycles. The Labute approximate surface area is 132 Å². The first-order valence-corrected chi connectivity index (χ1v) is 7.21. The highest BCUT2D eigenvalue weighted by Crippen LogP contribution is 2.38. The van der Waals surface area contributed by atoms with Crippen LogP contribution in [0.1, 0.15) is 11.3 Å². The summed E-state index contributed by atoms with van der Waals surface area (Å²) in [6.45, 7) is 0. The van der Waals surface area contributed by atoms with E-state index < -0.39 is 17.6 Å². The third-order valence-corrected chi connectivity index (χ3v) is 3.85. The van der Waals surface area contributed by atoms with Crippen molar-refractivity contribution in [3.63, 3.8) is 0 Å². The minimum atomic E-state index is -4.48. The van der Waals surface area contributed by atoms with E-state index in [2.05, 4.69) is 4.99 Å². The Morgan fingerprint density at radius 1 is 1.17 bits per heavy atom. The van der Waals surface area contributed by atoms with Gasteiger partial charge < -0.3 is 10.2 Å². The van der Waals surface area contributed by atoms with Crippen molar-refractivity contribution >= 4 is 28.9 Å². The lowest BCUT2D eigenvalue weighted by Gasteiger charge is -2.10. The fraction of sp³-hybridized carbons (Fsp3) is 0.0667. The minimum Gasteiger partial charge on any atom is -0.457 e. The standard InChI is InChI=1S/C15H9F3N2O2S/c16-15(17,18)10-4-2-1-3-9(10)11-6-5-8(22-11)7-12-13(21)20-14(19)23-12/h1-7H,(H2,19,20,21)/b12-7+. The molecule has 0 saturated carbocycles. The number of nitrogens with two attached hydrogens (primary N) is 1. The Hall–Kier alpha value is -2.48. The van der Waals surface area contributed by atoms with Crippen LogP contribution in [0.3, 0.4) is 0 Å². The first kappa shape index (κ1) is 15.4. The monoisotopic (exact) mass is 338 g/mol. The van der Waals surface area contributed by atoms with Gasteiger partial charge in [-0.2, -0.15) is 18.2 Å². The molecule has 0 spiro atoms. The zero-order chi connectivity index (χ0) is 16.6. The van der Waals surface area contributed by atoms with Gasteiger partial charge in [0.1, 0.15) is 11.5 Å². The maximum absolute atomic E-state index is 13.0. The number of amides is 1. The van der Waals surface area contributed by atoms with E-state index in [9.17, 15) is 18.0 Å². The smallest absolute Gasteiger partial charge is 0.417 e. The summed E-state index contributed by atoms with van der Waals surface area (Å²) in [6.07, 6.45) is -3.09. The Kier molecular flexibility index (Phi) is 3.77. The van der Waals surface area contributed by atoms with Crippen molar-refractivity contribution in [1.82, 2.24) is 0 Å². The van der Waals surface area contributed by atoms with E-state index in [1.165, 1.54) is 36.4 Å². The summed E-state index contributed by atoms with van der Waals surface area (Å²) >= 11 is 0.980. The van der Waals surface area contributed by atoms with Crippen LogP contribution in [0.15, 0.2) is 50.7 Å². The van der Waals surface area contributed by atoms with Crippen molar-refractivity contribution in [3.05, 3.63) is 52.6 Å². The maximum atomic E-state index is 13.0. The average Bonchev–Trinajstić information content (AvgIpc) is 3.05. The van der Waals surface area contributed by atoms with E-state index in [4.69, 9.17) is 10.2 Å². The van der Waals surface area contributed by atoms with Crippen LogP contribution in [0.25, 0.3) is 17.4 Å². The third kappa shape index (κ3) is 3.16. The number of benzene rings is 1. The SMILES string of the molecule is NC1=NC(=O)/C(=C\c2ccc(-c3ccccc3C(F)(F)F)o2)S1. The van der Waals surface area contributed by atoms with Gasteiger partial charge in [0.15, 0.2) is 5.17 Å². The molecule has 1 aliphatic rings. The lowest BCUT2D eigenvalue weighted by molar-refractivity contribution is -0.137. The first-order chi connectivity index (χ1) is 10.8. The number of carbonyl (C=O) groups is 1. The van der Waals surface area contributed by atoms with E-state index in [1.807, 2.05) is 0 Å². The lowest BCUT2D eigenvalue weighted by Crippen LogP contribution is -2.06. The molecule has 23 heavy (non-hydrogen) atoms. The van der Waals surface area contributed by atoms with Gasteiger partial charge >= 0.3 is 6.18 Å². The van der Waals surface area contributed by atoms with Crippen LogP contribution >= 0.6 is 11.8 Å². The second-order valence-electron chi connectivity index (χ2n) is 4.61. The van der Waals surface area contributed by atoms with Crippen molar-refractivity contribution in [2.75, 3.05) is 0 Å². The van der Waals surface area contributed by atoms with Gasteiger partial charge in [0.05, 0.1) is 10.5 Å². The summed E-state index contributed by atoms with van der Waals surface area (Å²) in [7, 11) is 0. The summed E-state index contributed by atoms with van der Waals surface area (Å²) < 4.78 is 44.5. The number of rotatable bonds is 2. The number of nitrogens with zero attached hydrogens (tertiary/aromatic N) is 1. The number of aliphatic imine (C=N–C) groups is 1. The molecule has 0 unspecified atom stereocenters. The molecule has 0 fully saturated rings. The van der Waals surface area contributed by atoms with Gasteiger partial charge in [-0.1, -0.05) is 18.2 Å². The summed E-state index contributed by atoms with van der Waals surface area (Å²) in [5.74, 6) is -0.187. The van der Waals surface area contributed by atoms with Crippen molar-refractivity contribution in [3.8, 4) is 11.3 Å². The summed E-state index contributed by atoms with van der Waals surface area (Å²) in [5, 5.41) is 0.121. The number of thioether (sulfide) groups is 1. The van der Waals surface area contributed by atoms with Crippen LogP contribution < -0.4 is 5.73 Å². The average molecular weight is 338 g/mol. The Morgan fingerprint density at radius 3 is 2.57 bits per heavy atom. The molecular formula is C15H9F3N2O2S. The van der Waals surface area contributed by atoms with Crippen molar-refractivity contribution in [2.45, 2.75) is 6.18 Å². The van der Waals surface area contributed by atoms with Crippen LogP contribution in [0.2, 0.25) is 0 Å². The van der Waals surface area contributed by atoms with E-state index in [0.29, 0.717) is 0 Å². The predicted molar refractivity (Wildman–Crippen MR) is 81.3 cm³/mol. The molecule has 0 bridgehead atoms. The number of amidine groups is 1. The Morgan fingerprint density at radius 2 is 1.91 bits per heavy atom. The second kappa shape index (κ2) is 5.62. The molecule has 0 saturated heterocycles. The number of hydrogen-bond donors (Lipinski definition) is 1. The fourth-order valence-electron chi connectivity index (χ4n) is 2.08. The van der Waals surface area contributed by atoms with Crippen molar-refractivity contribution < 1.29 is 22.4 Å². The lowest BCUT2D eigenvalue weighted by atomic mass is 10.1. The van der Waals surface area contributed by atoms with Gasteiger partial charge in [0.2, 0.25) is 0 Å². The number of hydrogen-bond acceptors (Lipinski definition) is 4. The second-order valence-corrected chi connectivity index (χ2v) is 5.67. The quantitative estimate of drug-likeness (QED) is 0.844. The molecule has 8 heteroatoms. The molecule has 3 rings (SSSR count). The highest BCUT2D eigenvalue weighted by atomic mass is 32.2. The van der Waals surface area contributed by atoms with Gasteiger partial charge in [-0.15, -0.1) is 0 Å². The maximum Gasteiger partial charge on any atom is 0.417 e. The van der Waals surface area contributed by atoms with Crippen molar-refractivity contribution in [1.29, 1.82) is 0 Å². The Balaban J connectivity index is 1.95. The molecule has 1 aromatic carbocycles. The molecule has 2 heterocycles. The van der Waals surface area contributed by atoms with Gasteiger partial charge in [-0.3, -0.25) is 4.79 Å². The van der Waals surface area contributed by atoms with Crippen molar-refractivity contribution in [2.24, 2.45) is 10.7 Å². The molecule has 4 nitrogen and oxygen atoms in total. The molecule has 0 radical (unpaired) electrons. The molecule has 0 atom stereocenters. The van der Waals surface area contributed by atoms with Gasteiger partial charge in [-0.25, -0.2) is 0 Å². The van der Waals surface area contributed by atoms with Gasteiger partial charge in [-0.05, 0) is 30.0 Å². The highest BCUT2D eigenvalue weighted by molar-refractivity contribution is 8.18. The van der Waals surface area contributed by atoms with Crippen LogP contribution in [-0.4, -0.2) is 11.1 Å². The summed E-state index contributed by atoms with van der Waals surface area (Å²) in [6, 6.07) is 8.03. The van der Waals surface area contributed by atoms with E-state index >= 15 is 0 Å². The number of furan rings is 1. The van der Waals surface area contributed by atoms with E-state index in [-0.39, 0.29) is 27.2 Å². The third-order valence-electron chi connectivity index (χ3n) is 3.04. The molecule has 118 valence electrons. The van der Waals surface area contributed by atoms with E-state index in [0.717, 1.165) is 17.8 Å². The fourth-order valence-corrected chi connectivity index (χ4v) is 2.74. The van der Waals surface area contributed by atoms with Crippen LogP contribution in [0.4, 0.5) is 13.2 Å². The zero-order valence-corrected chi connectivity index (χ0v) is 12.2. The first-order valence-electron chi connectivity index (χ1n) is 6.39. The summed E-state index contributed by atoms with van der Waals surface area (Å²) in [5.41, 5.74) is 4.58. The largest absolute Gasteiger partial charge is 0.457 e. The molecule has 2 N–H and O–H groups in total. The molecule has 1 aromatic heterocycles. The number of halogens is 3. The zero-order valence-electron chi connectivity index (χ0n) is 11.4. The van der Waals surface area contributed by atoms with Crippen LogP contribution in [0.5, 0.6) is 0 Å². The van der Waals surface area contributed by atoms with Gasteiger partial charge in [0, 0.05) is 11.6 Å². The highest BCUT2D eigenvalue weighted by Gasteiger charge is 2.34. The Bertz CT molecular complexity index is 837. The molecule has 1 amide bonds. The molecule has 2 aromatic rings. The minimum absolute atomic E-state index is 0.0640. The number of carbonyl (C=O) groups excluding carboxylic acids is 1. The number of alkyl halides is 3. The normalized spacial score (nSPS) is 16.9. The molecule has 1 aliphatic heterocycles. The summed E-state index contributed by atoms with van der Waals surface area (Å²) in [4.78, 5) is 15.3. The molecular weight excluding hydrogens is 329 g/mol.